The number of carbonyl (C=O) groups excluding carboxylic acids is 1. The third kappa shape index (κ3) is 4.81. The summed E-state index contributed by atoms with van der Waals surface area (Å²) in [7, 11) is 0. The first-order valence-corrected chi connectivity index (χ1v) is 7.69. The molecular weight excluding hydrogens is 236 g/mol. The Morgan fingerprint density at radius 2 is 1.89 bits per heavy atom. The molecule has 1 aromatic rings. The molecule has 108 valence electrons. The number of aromatic nitrogens is 2. The van der Waals surface area contributed by atoms with E-state index in [9.17, 15) is 4.79 Å². The summed E-state index contributed by atoms with van der Waals surface area (Å²) < 4.78 is 1.97. The van der Waals surface area contributed by atoms with Gasteiger partial charge < -0.3 is 0 Å². The largest absolute Gasteiger partial charge is 0.299 e. The zero-order valence-electron chi connectivity index (χ0n) is 12.9. The Hall–Kier alpha value is -1.12. The van der Waals surface area contributed by atoms with Crippen molar-refractivity contribution in [2.75, 3.05) is 0 Å². The SMILES string of the molecule is CCCC(CCC)C(=O)Cc1ccn(C(C)CC)n1. The Morgan fingerprint density at radius 3 is 2.42 bits per heavy atom. The second kappa shape index (κ2) is 8.13. The molecule has 0 aromatic carbocycles. The van der Waals surface area contributed by atoms with E-state index in [-0.39, 0.29) is 5.92 Å². The molecular formula is C16H28N2O. The van der Waals surface area contributed by atoms with Crippen LogP contribution in [0.25, 0.3) is 0 Å². The third-order valence-corrected chi connectivity index (χ3v) is 3.79. The lowest BCUT2D eigenvalue weighted by atomic mass is 9.91. The third-order valence-electron chi connectivity index (χ3n) is 3.79. The van der Waals surface area contributed by atoms with Gasteiger partial charge in [0.05, 0.1) is 12.1 Å². The summed E-state index contributed by atoms with van der Waals surface area (Å²) in [5, 5.41) is 4.52. The first-order valence-electron chi connectivity index (χ1n) is 7.69. The Morgan fingerprint density at radius 1 is 1.26 bits per heavy atom. The normalized spacial score (nSPS) is 12.9. The van der Waals surface area contributed by atoms with E-state index in [0.29, 0.717) is 18.2 Å². The molecule has 0 fully saturated rings. The van der Waals surface area contributed by atoms with Gasteiger partial charge in [0.15, 0.2) is 0 Å². The molecule has 1 heterocycles. The van der Waals surface area contributed by atoms with Gasteiger partial charge in [-0.15, -0.1) is 0 Å². The van der Waals surface area contributed by atoms with Gasteiger partial charge in [-0.3, -0.25) is 9.48 Å². The molecule has 0 spiro atoms. The standard InChI is InChI=1S/C16H28N2O/c1-5-8-14(9-6-2)16(19)12-15-10-11-18(17-15)13(4)7-3/h10-11,13-14H,5-9,12H2,1-4H3. The van der Waals surface area contributed by atoms with Gasteiger partial charge >= 0.3 is 0 Å². The van der Waals surface area contributed by atoms with E-state index in [1.807, 2.05) is 16.9 Å². The molecule has 0 N–H and O–H groups in total. The molecule has 0 aliphatic carbocycles. The van der Waals surface area contributed by atoms with Crippen LogP contribution in [-0.4, -0.2) is 15.6 Å². The van der Waals surface area contributed by atoms with Crippen LogP contribution in [-0.2, 0) is 11.2 Å². The van der Waals surface area contributed by atoms with Crippen LogP contribution in [0, 0.1) is 5.92 Å². The molecule has 1 aromatic heterocycles. The van der Waals surface area contributed by atoms with Gasteiger partial charge in [0.25, 0.3) is 0 Å². The summed E-state index contributed by atoms with van der Waals surface area (Å²) in [6.45, 7) is 8.59. The van der Waals surface area contributed by atoms with E-state index >= 15 is 0 Å². The number of rotatable bonds is 9. The highest BCUT2D eigenvalue weighted by Crippen LogP contribution is 2.17. The topological polar surface area (TPSA) is 34.9 Å². The van der Waals surface area contributed by atoms with Crippen LogP contribution < -0.4 is 0 Å². The predicted octanol–water partition coefficient (Wildman–Crippen LogP) is 4.18. The van der Waals surface area contributed by atoms with Gasteiger partial charge in [-0.2, -0.15) is 5.10 Å². The number of nitrogens with zero attached hydrogens (tertiary/aromatic N) is 2. The minimum absolute atomic E-state index is 0.226. The zero-order valence-corrected chi connectivity index (χ0v) is 12.9. The van der Waals surface area contributed by atoms with Crippen molar-refractivity contribution in [1.82, 2.24) is 9.78 Å². The lowest BCUT2D eigenvalue weighted by Gasteiger charge is -2.13. The lowest BCUT2D eigenvalue weighted by molar-refractivity contribution is -0.122. The Kier molecular flexibility index (Phi) is 6.82. The van der Waals surface area contributed by atoms with Crippen molar-refractivity contribution in [1.29, 1.82) is 0 Å². The molecule has 1 unspecified atom stereocenters. The van der Waals surface area contributed by atoms with Crippen molar-refractivity contribution >= 4 is 5.78 Å². The van der Waals surface area contributed by atoms with E-state index in [1.165, 1.54) is 0 Å². The maximum Gasteiger partial charge on any atom is 0.141 e. The van der Waals surface area contributed by atoms with Gasteiger partial charge in [-0.25, -0.2) is 0 Å². The molecule has 3 heteroatoms. The van der Waals surface area contributed by atoms with Crippen LogP contribution in [0.15, 0.2) is 12.3 Å². The van der Waals surface area contributed by atoms with E-state index in [2.05, 4.69) is 32.8 Å². The fraction of sp³-hybridized carbons (Fsp3) is 0.750. The van der Waals surface area contributed by atoms with E-state index in [0.717, 1.165) is 37.8 Å². The average Bonchev–Trinajstić information content (AvgIpc) is 2.86. The summed E-state index contributed by atoms with van der Waals surface area (Å²) in [4.78, 5) is 12.3. The van der Waals surface area contributed by atoms with Crippen molar-refractivity contribution in [3.63, 3.8) is 0 Å². The van der Waals surface area contributed by atoms with Crippen molar-refractivity contribution in [2.24, 2.45) is 5.92 Å². The van der Waals surface area contributed by atoms with Gasteiger partial charge in [-0.1, -0.05) is 33.6 Å². The smallest absolute Gasteiger partial charge is 0.141 e. The zero-order chi connectivity index (χ0) is 14.3. The first kappa shape index (κ1) is 15.9. The van der Waals surface area contributed by atoms with Crippen LogP contribution in [0.1, 0.15) is 71.5 Å². The summed E-state index contributed by atoms with van der Waals surface area (Å²) in [6.07, 6.45) is 7.73. The monoisotopic (exact) mass is 264 g/mol. The lowest BCUT2D eigenvalue weighted by Crippen LogP contribution is -2.17. The Bertz CT molecular complexity index is 378. The highest BCUT2D eigenvalue weighted by Gasteiger charge is 2.18. The van der Waals surface area contributed by atoms with Crippen molar-refractivity contribution in [2.45, 2.75) is 72.3 Å². The molecule has 0 bridgehead atoms. The number of Topliss-reactive ketones (excluding diaryl/α,β-unsaturated/α-hetero) is 1. The summed E-state index contributed by atoms with van der Waals surface area (Å²) in [5.74, 6) is 0.585. The summed E-state index contributed by atoms with van der Waals surface area (Å²) in [5.41, 5.74) is 0.919. The number of hydrogen-bond acceptors (Lipinski definition) is 2. The van der Waals surface area contributed by atoms with Crippen LogP contribution >= 0.6 is 0 Å². The number of hydrogen-bond donors (Lipinski definition) is 0. The first-order chi connectivity index (χ1) is 9.12. The van der Waals surface area contributed by atoms with Crippen molar-refractivity contribution in [3.8, 4) is 0 Å². The molecule has 1 atom stereocenters. The molecule has 0 aliphatic heterocycles. The van der Waals surface area contributed by atoms with Gasteiger partial charge in [-0.05, 0) is 32.3 Å². The number of carbonyl (C=O) groups is 1. The van der Waals surface area contributed by atoms with E-state index in [1.54, 1.807) is 0 Å². The van der Waals surface area contributed by atoms with Crippen LogP contribution in [0.2, 0.25) is 0 Å². The van der Waals surface area contributed by atoms with E-state index in [4.69, 9.17) is 0 Å². The van der Waals surface area contributed by atoms with Gasteiger partial charge in [0.2, 0.25) is 0 Å². The fourth-order valence-corrected chi connectivity index (χ4v) is 2.39. The van der Waals surface area contributed by atoms with Crippen LogP contribution in [0.4, 0.5) is 0 Å². The Balaban J connectivity index is 2.62. The summed E-state index contributed by atoms with van der Waals surface area (Å²) >= 11 is 0. The second-order valence-electron chi connectivity index (χ2n) is 5.46. The Labute approximate surface area is 117 Å². The molecule has 0 radical (unpaired) electrons. The van der Waals surface area contributed by atoms with Crippen LogP contribution in [0.3, 0.4) is 0 Å². The molecule has 3 nitrogen and oxygen atoms in total. The van der Waals surface area contributed by atoms with Gasteiger partial charge in [0.1, 0.15) is 5.78 Å². The predicted molar refractivity (Wildman–Crippen MR) is 79.2 cm³/mol. The van der Waals surface area contributed by atoms with Crippen molar-refractivity contribution in [3.05, 3.63) is 18.0 Å². The minimum Gasteiger partial charge on any atom is -0.299 e. The molecule has 0 amide bonds. The average molecular weight is 264 g/mol. The van der Waals surface area contributed by atoms with Crippen molar-refractivity contribution < 1.29 is 4.79 Å². The van der Waals surface area contributed by atoms with Crippen LogP contribution in [0.5, 0.6) is 0 Å². The maximum atomic E-state index is 12.3. The summed E-state index contributed by atoms with van der Waals surface area (Å²) in [6, 6.07) is 2.39. The van der Waals surface area contributed by atoms with E-state index < -0.39 is 0 Å². The minimum atomic E-state index is 0.226. The quantitative estimate of drug-likeness (QED) is 0.670. The van der Waals surface area contributed by atoms with Gasteiger partial charge in [0, 0.05) is 18.2 Å². The molecule has 0 saturated carbocycles. The second-order valence-corrected chi connectivity index (χ2v) is 5.46. The molecule has 0 saturated heterocycles. The molecule has 1 rings (SSSR count). The maximum absolute atomic E-state index is 12.3. The highest BCUT2D eigenvalue weighted by molar-refractivity contribution is 5.82. The number of ketones is 1. The molecule has 0 aliphatic rings. The molecule has 19 heavy (non-hydrogen) atoms. The highest BCUT2D eigenvalue weighted by atomic mass is 16.1. The fourth-order valence-electron chi connectivity index (χ4n) is 2.39.